The van der Waals surface area contributed by atoms with Gasteiger partial charge in [-0.15, -0.1) is 16.8 Å². The van der Waals surface area contributed by atoms with Crippen molar-refractivity contribution in [3.63, 3.8) is 0 Å². The first kappa shape index (κ1) is 52.7. The van der Waals surface area contributed by atoms with Crippen LogP contribution in [0.2, 0.25) is 0 Å². The number of hydrogen-bond acceptors (Lipinski definition) is 16. The van der Waals surface area contributed by atoms with Crippen LogP contribution in [0.4, 0.5) is 0 Å². The Bertz CT molecular complexity index is 2080. The minimum atomic E-state index is -1.36. The Balaban J connectivity index is 1.24. The lowest BCUT2D eigenvalue weighted by molar-refractivity contribution is -0.201. The SMILES string of the molecule is C/C=C1/NC(=O)[C@H](CSC2CC(=O)N(CC3CCC(C(=O)ON4C(=O)CCC4=O)CC3)C2=O)NC(=O)[C@@H](C(C)C)NC(=O)C[C@H](/C=C/CCSSc2ccccn2)OC(=O)[C@H](C(C)C)NC1=O. The highest BCUT2D eigenvalue weighted by Gasteiger charge is 2.43. The molecule has 4 heterocycles. The van der Waals surface area contributed by atoms with Gasteiger partial charge in [-0.3, -0.25) is 43.3 Å². The fourth-order valence-corrected chi connectivity index (χ4v) is 10.7. The molecule has 19 nitrogen and oxygen atoms in total. The molecule has 67 heavy (non-hydrogen) atoms. The molecule has 8 amide bonds. The molecule has 0 aromatic carbocycles. The summed E-state index contributed by atoms with van der Waals surface area (Å²) in [7, 11) is 3.09. The van der Waals surface area contributed by atoms with Gasteiger partial charge in [0.2, 0.25) is 29.5 Å². The van der Waals surface area contributed by atoms with Gasteiger partial charge in [0.1, 0.15) is 35.0 Å². The quantitative estimate of drug-likeness (QED) is 0.0492. The second-order valence-electron chi connectivity index (χ2n) is 17.3. The Morgan fingerprint density at radius 1 is 0.881 bits per heavy atom. The third-order valence-corrected chi connectivity index (χ3v) is 15.1. The average Bonchev–Trinajstić information content (AvgIpc) is 3.75. The fourth-order valence-electron chi connectivity index (χ4n) is 7.67. The maximum Gasteiger partial charge on any atom is 0.336 e. The van der Waals surface area contributed by atoms with Crippen molar-refractivity contribution in [1.82, 2.24) is 36.2 Å². The molecular weight excluding hydrogens is 927 g/mol. The topological polar surface area (TPSA) is 257 Å². The molecule has 0 spiro atoms. The number of nitrogens with one attached hydrogen (secondary N) is 4. The number of carbonyl (C=O) groups excluding carboxylic acids is 10. The molecule has 5 rings (SSSR count). The lowest BCUT2D eigenvalue weighted by Gasteiger charge is -2.30. The van der Waals surface area contributed by atoms with Crippen LogP contribution in [-0.4, -0.2) is 122 Å². The van der Waals surface area contributed by atoms with Crippen molar-refractivity contribution < 1.29 is 57.5 Å². The number of carbonyl (C=O) groups is 10. The number of ether oxygens (including phenoxy) is 1. The van der Waals surface area contributed by atoms with E-state index in [-0.39, 0.29) is 49.6 Å². The maximum atomic E-state index is 14.0. The second kappa shape index (κ2) is 25.2. The van der Waals surface area contributed by atoms with Crippen molar-refractivity contribution in [2.45, 2.75) is 127 Å². The summed E-state index contributed by atoms with van der Waals surface area (Å²) in [6.45, 7) is 8.43. The normalized spacial score (nSPS) is 26.9. The molecule has 1 saturated carbocycles. The highest BCUT2D eigenvalue weighted by atomic mass is 33.1. The summed E-state index contributed by atoms with van der Waals surface area (Å²) in [5.74, 6) is -7.58. The number of likely N-dealkylation sites (tertiary alicyclic amines) is 1. The van der Waals surface area contributed by atoms with Crippen LogP contribution in [0, 0.1) is 23.7 Å². The van der Waals surface area contributed by atoms with E-state index in [1.165, 1.54) is 28.7 Å². The number of thioether (sulfide) groups is 1. The van der Waals surface area contributed by atoms with Crippen LogP contribution in [0.15, 0.2) is 53.3 Å². The van der Waals surface area contributed by atoms with E-state index in [4.69, 9.17) is 9.57 Å². The molecule has 4 aliphatic rings. The molecule has 5 atom stereocenters. The molecule has 1 aromatic rings. The van der Waals surface area contributed by atoms with Crippen molar-refractivity contribution in [2.24, 2.45) is 23.7 Å². The van der Waals surface area contributed by atoms with Gasteiger partial charge >= 0.3 is 11.9 Å². The Labute approximate surface area is 401 Å². The van der Waals surface area contributed by atoms with Crippen LogP contribution < -0.4 is 21.3 Å². The number of esters is 1. The summed E-state index contributed by atoms with van der Waals surface area (Å²) in [4.78, 5) is 143. The standard InChI is InChI=1S/C45H59N7O12S3/c1-6-30-40(57)50-39(26(4)5)45(62)63-29(11-8-10-20-66-67-34-12-7-9-19-46-34)21-33(53)49-38(25(2)3)42(59)48-31(41(58)47-30)24-65-32-22-37(56)51(43(32)60)23-27-13-15-28(16-14-27)44(61)64-52-35(54)17-18-36(52)55/h6-9,11-12,19,25-29,31-32,38-39H,10,13-18,20-24H2,1-5H3,(H,47,58)(H,48,59)(H,49,53)(H,50,57)/b11-8+,30-6+/t27?,28?,29-,31-,32?,38+,39-/m0/s1. The van der Waals surface area contributed by atoms with E-state index in [2.05, 4.69) is 26.3 Å². The molecule has 1 unspecified atom stereocenters. The minimum absolute atomic E-state index is 0.0137. The van der Waals surface area contributed by atoms with E-state index < -0.39 is 106 Å². The summed E-state index contributed by atoms with van der Waals surface area (Å²) in [6.07, 6.45) is 7.14. The molecule has 1 aliphatic carbocycles. The van der Waals surface area contributed by atoms with E-state index in [9.17, 15) is 47.9 Å². The van der Waals surface area contributed by atoms with Crippen molar-refractivity contribution in [3.8, 4) is 0 Å². The van der Waals surface area contributed by atoms with Crippen LogP contribution in [0.5, 0.6) is 0 Å². The first-order chi connectivity index (χ1) is 31.9. The van der Waals surface area contributed by atoms with Gasteiger partial charge in [0.05, 0.1) is 17.6 Å². The molecular formula is C45H59N7O12S3. The molecule has 0 bridgehead atoms. The van der Waals surface area contributed by atoms with E-state index in [0.29, 0.717) is 42.9 Å². The largest absolute Gasteiger partial charge is 0.456 e. The summed E-state index contributed by atoms with van der Waals surface area (Å²) in [6, 6.07) is 1.94. The lowest BCUT2D eigenvalue weighted by Crippen LogP contribution is -2.57. The number of hydroxylamine groups is 2. The molecule has 364 valence electrons. The van der Waals surface area contributed by atoms with Crippen LogP contribution in [-0.2, 0) is 57.5 Å². The zero-order valence-corrected chi connectivity index (χ0v) is 40.6. The molecule has 22 heteroatoms. The highest BCUT2D eigenvalue weighted by Crippen LogP contribution is 2.34. The van der Waals surface area contributed by atoms with Crippen LogP contribution in [0.25, 0.3) is 0 Å². The van der Waals surface area contributed by atoms with Crippen LogP contribution in [0.1, 0.15) is 92.4 Å². The fraction of sp³-hybridized carbons (Fsp3) is 0.578. The number of aromatic nitrogens is 1. The Hall–Kier alpha value is -5.22. The first-order valence-electron chi connectivity index (χ1n) is 22.4. The summed E-state index contributed by atoms with van der Waals surface area (Å²) in [5, 5.41) is 11.1. The highest BCUT2D eigenvalue weighted by molar-refractivity contribution is 8.76. The number of pyridine rings is 1. The van der Waals surface area contributed by atoms with Gasteiger partial charge in [-0.1, -0.05) is 56.7 Å². The number of amides is 8. The van der Waals surface area contributed by atoms with E-state index >= 15 is 0 Å². The van der Waals surface area contributed by atoms with E-state index in [1.54, 1.807) is 56.8 Å². The van der Waals surface area contributed by atoms with Gasteiger partial charge in [0.25, 0.3) is 17.7 Å². The predicted molar refractivity (Wildman–Crippen MR) is 248 cm³/mol. The minimum Gasteiger partial charge on any atom is -0.456 e. The lowest BCUT2D eigenvalue weighted by atomic mass is 9.82. The zero-order chi connectivity index (χ0) is 48.8. The molecule has 4 N–H and O–H groups in total. The smallest absolute Gasteiger partial charge is 0.336 e. The van der Waals surface area contributed by atoms with Crippen LogP contribution in [0.3, 0.4) is 0 Å². The predicted octanol–water partition coefficient (Wildman–Crippen LogP) is 3.14. The third kappa shape index (κ3) is 15.1. The van der Waals surface area contributed by atoms with Gasteiger partial charge in [0.15, 0.2) is 0 Å². The summed E-state index contributed by atoms with van der Waals surface area (Å²) in [5.41, 5.74) is -0.217. The number of cyclic esters (lactones) is 1. The van der Waals surface area contributed by atoms with Gasteiger partial charge < -0.3 is 30.8 Å². The van der Waals surface area contributed by atoms with Gasteiger partial charge in [0, 0.05) is 43.5 Å². The Morgan fingerprint density at radius 2 is 1.58 bits per heavy atom. The first-order valence-corrected chi connectivity index (χ1v) is 25.8. The zero-order valence-electron chi connectivity index (χ0n) is 38.2. The number of hydrogen-bond donors (Lipinski definition) is 4. The van der Waals surface area contributed by atoms with Gasteiger partial charge in [-0.05, 0) is 85.8 Å². The molecule has 4 fully saturated rings. The van der Waals surface area contributed by atoms with Gasteiger partial charge in [-0.25, -0.2) is 14.6 Å². The average molecular weight is 986 g/mol. The van der Waals surface area contributed by atoms with Crippen molar-refractivity contribution >= 4 is 92.5 Å². The number of nitrogens with zero attached hydrogens (tertiary/aromatic N) is 3. The van der Waals surface area contributed by atoms with E-state index in [1.807, 2.05) is 18.2 Å². The number of imide groups is 2. The monoisotopic (exact) mass is 985 g/mol. The van der Waals surface area contributed by atoms with Crippen molar-refractivity contribution in [3.05, 3.63) is 48.3 Å². The Kier molecular flexibility index (Phi) is 19.9. The molecule has 3 aliphatic heterocycles. The van der Waals surface area contributed by atoms with E-state index in [0.717, 1.165) is 16.8 Å². The summed E-state index contributed by atoms with van der Waals surface area (Å²) >= 11 is 0.990. The molecule has 3 saturated heterocycles. The number of rotatable bonds is 15. The summed E-state index contributed by atoms with van der Waals surface area (Å²) < 4.78 is 5.81. The second-order valence-corrected chi connectivity index (χ2v) is 21.0. The van der Waals surface area contributed by atoms with Crippen molar-refractivity contribution in [1.29, 1.82) is 0 Å². The Morgan fingerprint density at radius 3 is 2.22 bits per heavy atom. The number of allylic oxidation sites excluding steroid dienone is 2. The van der Waals surface area contributed by atoms with Crippen molar-refractivity contribution in [2.75, 3.05) is 18.1 Å². The van der Waals surface area contributed by atoms with Gasteiger partial charge in [-0.2, -0.15) is 0 Å². The van der Waals surface area contributed by atoms with Crippen LogP contribution >= 0.6 is 33.3 Å². The third-order valence-electron chi connectivity index (χ3n) is 11.5. The maximum absolute atomic E-state index is 14.0. The molecule has 1 aromatic heterocycles. The molecule has 0 radical (unpaired) electrons.